The van der Waals surface area contributed by atoms with Gasteiger partial charge in [0.15, 0.2) is 0 Å². The van der Waals surface area contributed by atoms with Crippen LogP contribution in [0.2, 0.25) is 0 Å². The molecular formula is C14H24N4. The van der Waals surface area contributed by atoms with E-state index in [0.29, 0.717) is 5.92 Å². The third-order valence-corrected chi connectivity index (χ3v) is 3.47. The summed E-state index contributed by atoms with van der Waals surface area (Å²) in [6.07, 6.45) is 3.25. The van der Waals surface area contributed by atoms with Gasteiger partial charge in [0.1, 0.15) is 5.82 Å². The van der Waals surface area contributed by atoms with Crippen molar-refractivity contribution < 1.29 is 0 Å². The standard InChI is InChI=1S/C14H24N4/c1-10(15)7-14-16-11(2)8-13(17-14)12-5-4-6-18(3)9-12/h8,10,12H,4-7,9,15H2,1-3H3. The summed E-state index contributed by atoms with van der Waals surface area (Å²) in [7, 11) is 2.18. The van der Waals surface area contributed by atoms with Crippen LogP contribution in [0.25, 0.3) is 0 Å². The van der Waals surface area contributed by atoms with Gasteiger partial charge in [-0.1, -0.05) is 0 Å². The monoisotopic (exact) mass is 248 g/mol. The topological polar surface area (TPSA) is 55.0 Å². The van der Waals surface area contributed by atoms with Crippen LogP contribution in [-0.4, -0.2) is 41.0 Å². The van der Waals surface area contributed by atoms with Crippen molar-refractivity contribution in [2.24, 2.45) is 5.73 Å². The van der Waals surface area contributed by atoms with E-state index >= 15 is 0 Å². The van der Waals surface area contributed by atoms with E-state index in [1.54, 1.807) is 0 Å². The van der Waals surface area contributed by atoms with Crippen LogP contribution in [0.15, 0.2) is 6.07 Å². The van der Waals surface area contributed by atoms with Crippen molar-refractivity contribution in [2.45, 2.75) is 45.1 Å². The summed E-state index contributed by atoms with van der Waals surface area (Å²) in [5.74, 6) is 1.45. The SMILES string of the molecule is Cc1cc(C2CCCN(C)C2)nc(CC(C)N)n1. The summed E-state index contributed by atoms with van der Waals surface area (Å²) in [4.78, 5) is 11.6. The highest BCUT2D eigenvalue weighted by atomic mass is 15.1. The van der Waals surface area contributed by atoms with E-state index < -0.39 is 0 Å². The molecule has 100 valence electrons. The molecule has 1 saturated heterocycles. The zero-order valence-corrected chi connectivity index (χ0v) is 11.7. The minimum absolute atomic E-state index is 0.119. The summed E-state index contributed by atoms with van der Waals surface area (Å²) < 4.78 is 0. The Labute approximate surface area is 110 Å². The molecular weight excluding hydrogens is 224 g/mol. The fraction of sp³-hybridized carbons (Fsp3) is 0.714. The number of aryl methyl sites for hydroxylation is 1. The van der Waals surface area contributed by atoms with Crippen LogP contribution in [0.4, 0.5) is 0 Å². The number of hydrogen-bond acceptors (Lipinski definition) is 4. The molecule has 0 bridgehead atoms. The molecule has 1 fully saturated rings. The van der Waals surface area contributed by atoms with E-state index in [1.165, 1.54) is 25.1 Å². The van der Waals surface area contributed by atoms with E-state index in [0.717, 1.165) is 24.5 Å². The van der Waals surface area contributed by atoms with Crippen molar-refractivity contribution in [2.75, 3.05) is 20.1 Å². The van der Waals surface area contributed by atoms with Crippen molar-refractivity contribution in [1.29, 1.82) is 0 Å². The minimum atomic E-state index is 0.119. The Morgan fingerprint density at radius 3 is 2.94 bits per heavy atom. The molecule has 2 heterocycles. The van der Waals surface area contributed by atoms with Crippen LogP contribution in [0.1, 0.15) is 42.9 Å². The van der Waals surface area contributed by atoms with Crippen LogP contribution in [0, 0.1) is 6.92 Å². The molecule has 0 spiro atoms. The van der Waals surface area contributed by atoms with Crippen molar-refractivity contribution >= 4 is 0 Å². The number of nitrogens with zero attached hydrogens (tertiary/aromatic N) is 3. The molecule has 4 heteroatoms. The second kappa shape index (κ2) is 5.76. The lowest BCUT2D eigenvalue weighted by Gasteiger charge is -2.29. The Morgan fingerprint density at radius 2 is 2.28 bits per heavy atom. The van der Waals surface area contributed by atoms with Gasteiger partial charge in [0.05, 0.1) is 0 Å². The third kappa shape index (κ3) is 3.50. The second-order valence-electron chi connectivity index (χ2n) is 5.63. The number of piperidine rings is 1. The van der Waals surface area contributed by atoms with Gasteiger partial charge in [0.25, 0.3) is 0 Å². The number of likely N-dealkylation sites (tertiary alicyclic amines) is 1. The van der Waals surface area contributed by atoms with E-state index in [-0.39, 0.29) is 6.04 Å². The maximum absolute atomic E-state index is 5.84. The molecule has 18 heavy (non-hydrogen) atoms. The molecule has 4 nitrogen and oxygen atoms in total. The van der Waals surface area contributed by atoms with Gasteiger partial charge in [-0.2, -0.15) is 0 Å². The molecule has 0 radical (unpaired) electrons. The van der Waals surface area contributed by atoms with Crippen molar-refractivity contribution in [3.8, 4) is 0 Å². The average Bonchev–Trinajstić information content (AvgIpc) is 2.27. The lowest BCUT2D eigenvalue weighted by molar-refractivity contribution is 0.248. The predicted octanol–water partition coefficient (Wildman–Crippen LogP) is 1.48. The van der Waals surface area contributed by atoms with Gasteiger partial charge in [0.2, 0.25) is 0 Å². The lowest BCUT2D eigenvalue weighted by Crippen LogP contribution is -2.31. The summed E-state index contributed by atoms with van der Waals surface area (Å²) in [6, 6.07) is 2.25. The number of likely N-dealkylation sites (N-methyl/N-ethyl adjacent to an activating group) is 1. The maximum atomic E-state index is 5.84. The summed E-state index contributed by atoms with van der Waals surface area (Å²) in [5.41, 5.74) is 8.09. The molecule has 0 aliphatic carbocycles. The van der Waals surface area contributed by atoms with Crippen LogP contribution >= 0.6 is 0 Å². The average molecular weight is 248 g/mol. The van der Waals surface area contributed by atoms with Crippen molar-refractivity contribution in [3.05, 3.63) is 23.3 Å². The molecule has 1 aromatic heterocycles. The van der Waals surface area contributed by atoms with Gasteiger partial charge in [0, 0.05) is 36.3 Å². The third-order valence-electron chi connectivity index (χ3n) is 3.47. The maximum Gasteiger partial charge on any atom is 0.130 e. The molecule has 1 aliphatic heterocycles. The normalized spacial score (nSPS) is 23.0. The van der Waals surface area contributed by atoms with Crippen LogP contribution in [-0.2, 0) is 6.42 Å². The Morgan fingerprint density at radius 1 is 1.50 bits per heavy atom. The second-order valence-corrected chi connectivity index (χ2v) is 5.63. The molecule has 2 atom stereocenters. The first kappa shape index (κ1) is 13.4. The summed E-state index contributed by atoms with van der Waals surface area (Å²) in [5, 5.41) is 0. The largest absolute Gasteiger partial charge is 0.328 e. The zero-order valence-electron chi connectivity index (χ0n) is 11.7. The highest BCUT2D eigenvalue weighted by Gasteiger charge is 2.21. The van der Waals surface area contributed by atoms with E-state index in [1.807, 2.05) is 13.8 Å². The fourth-order valence-corrected chi connectivity index (χ4v) is 2.65. The van der Waals surface area contributed by atoms with Gasteiger partial charge in [-0.05, 0) is 46.3 Å². The predicted molar refractivity (Wildman–Crippen MR) is 73.6 cm³/mol. The van der Waals surface area contributed by atoms with Crippen molar-refractivity contribution in [1.82, 2.24) is 14.9 Å². The molecule has 2 N–H and O–H groups in total. The van der Waals surface area contributed by atoms with Crippen molar-refractivity contribution in [3.63, 3.8) is 0 Å². The molecule has 0 saturated carbocycles. The first-order valence-electron chi connectivity index (χ1n) is 6.83. The number of nitrogens with two attached hydrogens (primary N) is 1. The highest BCUT2D eigenvalue weighted by Crippen LogP contribution is 2.25. The van der Waals surface area contributed by atoms with Gasteiger partial charge in [-0.25, -0.2) is 9.97 Å². The van der Waals surface area contributed by atoms with Crippen LogP contribution in [0.5, 0.6) is 0 Å². The molecule has 1 aliphatic rings. The molecule has 1 aromatic rings. The number of rotatable bonds is 3. The Bertz CT molecular complexity index is 403. The number of hydrogen-bond donors (Lipinski definition) is 1. The number of aromatic nitrogens is 2. The highest BCUT2D eigenvalue weighted by molar-refractivity contribution is 5.16. The van der Waals surface area contributed by atoms with Gasteiger partial charge >= 0.3 is 0 Å². The van der Waals surface area contributed by atoms with E-state index in [2.05, 4.69) is 23.0 Å². The Hall–Kier alpha value is -1.00. The fourth-order valence-electron chi connectivity index (χ4n) is 2.65. The van der Waals surface area contributed by atoms with E-state index in [9.17, 15) is 0 Å². The molecule has 0 amide bonds. The first-order valence-corrected chi connectivity index (χ1v) is 6.83. The van der Waals surface area contributed by atoms with Crippen LogP contribution < -0.4 is 5.73 Å². The molecule has 2 rings (SSSR count). The molecule has 2 unspecified atom stereocenters. The quantitative estimate of drug-likeness (QED) is 0.880. The Balaban J connectivity index is 2.18. The first-order chi connectivity index (χ1) is 8.54. The summed E-state index contributed by atoms with van der Waals surface area (Å²) >= 11 is 0. The summed E-state index contributed by atoms with van der Waals surface area (Å²) in [6.45, 7) is 6.35. The zero-order chi connectivity index (χ0) is 13.1. The smallest absolute Gasteiger partial charge is 0.130 e. The minimum Gasteiger partial charge on any atom is -0.328 e. The van der Waals surface area contributed by atoms with Gasteiger partial charge in [-0.15, -0.1) is 0 Å². The van der Waals surface area contributed by atoms with Gasteiger partial charge < -0.3 is 10.6 Å². The van der Waals surface area contributed by atoms with Gasteiger partial charge in [-0.3, -0.25) is 0 Å². The van der Waals surface area contributed by atoms with Crippen LogP contribution in [0.3, 0.4) is 0 Å². The molecule has 0 aromatic carbocycles. The lowest BCUT2D eigenvalue weighted by atomic mass is 9.94. The Kier molecular flexibility index (Phi) is 4.30. The van der Waals surface area contributed by atoms with E-state index in [4.69, 9.17) is 10.7 Å².